The second kappa shape index (κ2) is 5.85. The third-order valence-electron chi connectivity index (χ3n) is 2.68. The van der Waals surface area contributed by atoms with Crippen LogP contribution in [0.1, 0.15) is 0 Å². The molecule has 0 bridgehead atoms. The molecule has 0 aliphatic rings. The van der Waals surface area contributed by atoms with Crippen LogP contribution in [0.5, 0.6) is 5.75 Å². The molecule has 23 heavy (non-hydrogen) atoms. The first kappa shape index (κ1) is 17.3. The second-order valence-corrected chi connectivity index (χ2v) is 7.76. The van der Waals surface area contributed by atoms with E-state index in [2.05, 4.69) is 4.18 Å². The summed E-state index contributed by atoms with van der Waals surface area (Å²) < 4.78 is 86.7. The van der Waals surface area contributed by atoms with Gasteiger partial charge in [-0.1, -0.05) is 18.2 Å². The van der Waals surface area contributed by atoms with Gasteiger partial charge in [0.25, 0.3) is 0 Å². The largest absolute Gasteiger partial charge is 0.534 e. The molecule has 0 atom stereocenters. The molecule has 5 nitrogen and oxygen atoms in total. The third kappa shape index (κ3) is 3.64. The van der Waals surface area contributed by atoms with Crippen molar-refractivity contribution in [3.05, 3.63) is 54.6 Å². The molecule has 0 fully saturated rings. The van der Waals surface area contributed by atoms with Crippen LogP contribution >= 0.6 is 0 Å². The molecule has 0 amide bonds. The number of halogens is 3. The number of hydrogen-bond acceptors (Lipinski definition) is 5. The molecule has 0 aliphatic heterocycles. The fraction of sp³-hybridized carbons (Fsp3) is 0.0769. The predicted molar refractivity (Wildman–Crippen MR) is 73.9 cm³/mol. The van der Waals surface area contributed by atoms with E-state index in [9.17, 15) is 30.0 Å². The molecule has 0 saturated heterocycles. The van der Waals surface area contributed by atoms with Crippen molar-refractivity contribution in [1.82, 2.24) is 0 Å². The molecule has 0 heterocycles. The van der Waals surface area contributed by atoms with Gasteiger partial charge in [0.1, 0.15) is 5.75 Å². The van der Waals surface area contributed by atoms with Gasteiger partial charge in [0, 0.05) is 0 Å². The van der Waals surface area contributed by atoms with Gasteiger partial charge in [0.15, 0.2) is 0 Å². The lowest BCUT2D eigenvalue weighted by atomic mass is 10.3. The van der Waals surface area contributed by atoms with Crippen molar-refractivity contribution in [2.75, 3.05) is 0 Å². The van der Waals surface area contributed by atoms with Crippen molar-refractivity contribution in [2.24, 2.45) is 0 Å². The maximum atomic E-state index is 12.3. The van der Waals surface area contributed by atoms with E-state index in [1.54, 1.807) is 6.07 Å². The van der Waals surface area contributed by atoms with Gasteiger partial charge in [0.05, 0.1) is 9.79 Å². The van der Waals surface area contributed by atoms with Gasteiger partial charge in [-0.25, -0.2) is 8.42 Å². The number of hydrogen-bond donors (Lipinski definition) is 0. The van der Waals surface area contributed by atoms with Gasteiger partial charge in [-0.05, 0) is 36.4 Å². The first-order chi connectivity index (χ1) is 10.5. The Labute approximate surface area is 130 Å². The van der Waals surface area contributed by atoms with E-state index in [4.69, 9.17) is 0 Å². The minimum Gasteiger partial charge on any atom is -0.376 e. The van der Waals surface area contributed by atoms with Crippen LogP contribution in [0.15, 0.2) is 64.4 Å². The standard InChI is InChI=1S/C13H9F3O5S2/c14-13(15,16)23(19,20)21-10-6-8-12(9-7-10)22(17,18)11-4-2-1-3-5-11/h1-9H. The molecule has 0 saturated carbocycles. The molecule has 0 N–H and O–H groups in total. The van der Waals surface area contributed by atoms with Crippen LogP contribution < -0.4 is 4.18 Å². The highest BCUT2D eigenvalue weighted by Crippen LogP contribution is 2.28. The van der Waals surface area contributed by atoms with Crippen molar-refractivity contribution < 1.29 is 34.2 Å². The summed E-state index contributed by atoms with van der Waals surface area (Å²) in [7, 11) is -9.66. The Morgan fingerprint density at radius 3 is 1.70 bits per heavy atom. The Bertz CT molecular complexity index is 887. The lowest BCUT2D eigenvalue weighted by Gasteiger charge is -2.10. The summed E-state index contributed by atoms with van der Waals surface area (Å²) in [4.78, 5) is -0.211. The number of alkyl halides is 3. The summed E-state index contributed by atoms with van der Waals surface area (Å²) in [5, 5.41) is 0. The molecule has 124 valence electrons. The zero-order valence-corrected chi connectivity index (χ0v) is 12.8. The Balaban J connectivity index is 2.31. The van der Waals surface area contributed by atoms with Crippen molar-refractivity contribution in [2.45, 2.75) is 15.3 Å². The first-order valence-electron chi connectivity index (χ1n) is 5.95. The number of rotatable bonds is 4. The minimum atomic E-state index is -5.80. The van der Waals surface area contributed by atoms with Crippen LogP contribution in [0.25, 0.3) is 0 Å². The van der Waals surface area contributed by atoms with E-state index in [0.717, 1.165) is 24.3 Å². The topological polar surface area (TPSA) is 77.5 Å². The average molecular weight is 366 g/mol. The predicted octanol–water partition coefficient (Wildman–Crippen LogP) is 2.75. The average Bonchev–Trinajstić information content (AvgIpc) is 2.47. The van der Waals surface area contributed by atoms with Crippen LogP contribution in [0.2, 0.25) is 0 Å². The Morgan fingerprint density at radius 2 is 1.22 bits per heavy atom. The van der Waals surface area contributed by atoms with Gasteiger partial charge >= 0.3 is 15.6 Å². The molecular formula is C13H9F3O5S2. The molecule has 0 aromatic heterocycles. The van der Waals surface area contributed by atoms with Gasteiger partial charge in [-0.2, -0.15) is 21.6 Å². The van der Waals surface area contributed by atoms with E-state index < -0.39 is 31.2 Å². The van der Waals surface area contributed by atoms with Crippen LogP contribution in [-0.4, -0.2) is 22.3 Å². The molecular weight excluding hydrogens is 357 g/mol. The zero-order valence-electron chi connectivity index (χ0n) is 11.2. The molecule has 10 heteroatoms. The van der Waals surface area contributed by atoms with E-state index in [0.29, 0.717) is 0 Å². The number of sulfone groups is 1. The molecule has 2 rings (SSSR count). The molecule has 0 spiro atoms. The summed E-state index contributed by atoms with van der Waals surface area (Å²) in [6, 6.07) is 10.9. The Hall–Kier alpha value is -2.07. The van der Waals surface area contributed by atoms with Gasteiger partial charge < -0.3 is 4.18 Å². The summed E-state index contributed by atoms with van der Waals surface area (Å²) in [5.74, 6) is -0.644. The highest BCUT2D eigenvalue weighted by atomic mass is 32.2. The smallest absolute Gasteiger partial charge is 0.376 e. The molecule has 0 aliphatic carbocycles. The number of benzene rings is 2. The van der Waals surface area contributed by atoms with Crippen LogP contribution in [0.4, 0.5) is 13.2 Å². The van der Waals surface area contributed by atoms with E-state index in [1.807, 2.05) is 0 Å². The Morgan fingerprint density at radius 1 is 0.739 bits per heavy atom. The lowest BCUT2D eigenvalue weighted by molar-refractivity contribution is -0.0500. The summed E-state index contributed by atoms with van der Waals surface area (Å²) in [6.07, 6.45) is 0. The maximum Gasteiger partial charge on any atom is 0.534 e. The highest BCUT2D eigenvalue weighted by Gasteiger charge is 2.48. The quantitative estimate of drug-likeness (QED) is 0.614. The normalized spacial score (nSPS) is 12.8. The van der Waals surface area contributed by atoms with E-state index in [-0.39, 0.29) is 9.79 Å². The second-order valence-electron chi connectivity index (χ2n) is 4.27. The van der Waals surface area contributed by atoms with Crippen LogP contribution in [-0.2, 0) is 20.0 Å². The molecule has 0 radical (unpaired) electrons. The summed E-state index contributed by atoms with van der Waals surface area (Å²) in [6.45, 7) is 0. The van der Waals surface area contributed by atoms with Crippen LogP contribution in [0, 0.1) is 0 Å². The zero-order chi connectivity index (χ0) is 17.3. The third-order valence-corrected chi connectivity index (χ3v) is 5.44. The fourth-order valence-corrected chi connectivity index (χ4v) is 3.32. The fourth-order valence-electron chi connectivity index (χ4n) is 1.58. The van der Waals surface area contributed by atoms with Crippen molar-refractivity contribution in [3.8, 4) is 5.75 Å². The van der Waals surface area contributed by atoms with Gasteiger partial charge in [0.2, 0.25) is 9.84 Å². The first-order valence-corrected chi connectivity index (χ1v) is 8.84. The maximum absolute atomic E-state index is 12.3. The lowest BCUT2D eigenvalue weighted by Crippen LogP contribution is -2.28. The Kier molecular flexibility index (Phi) is 4.40. The van der Waals surface area contributed by atoms with Crippen molar-refractivity contribution >= 4 is 20.0 Å². The SMILES string of the molecule is O=S(=O)(c1ccccc1)c1ccc(OS(=O)(=O)C(F)(F)F)cc1. The monoisotopic (exact) mass is 366 g/mol. The summed E-state index contributed by atoms with van der Waals surface area (Å²) in [5.41, 5.74) is -5.57. The van der Waals surface area contributed by atoms with Gasteiger partial charge in [-0.3, -0.25) is 0 Å². The van der Waals surface area contributed by atoms with Crippen LogP contribution in [0.3, 0.4) is 0 Å². The van der Waals surface area contributed by atoms with E-state index >= 15 is 0 Å². The highest BCUT2D eigenvalue weighted by molar-refractivity contribution is 7.91. The molecule has 0 unspecified atom stereocenters. The molecule has 2 aromatic carbocycles. The molecule has 2 aromatic rings. The minimum absolute atomic E-state index is 0.00317. The van der Waals surface area contributed by atoms with Crippen molar-refractivity contribution in [1.29, 1.82) is 0 Å². The van der Waals surface area contributed by atoms with E-state index in [1.165, 1.54) is 24.3 Å². The van der Waals surface area contributed by atoms with Crippen molar-refractivity contribution in [3.63, 3.8) is 0 Å². The summed E-state index contributed by atoms with van der Waals surface area (Å²) >= 11 is 0. The van der Waals surface area contributed by atoms with Gasteiger partial charge in [-0.15, -0.1) is 0 Å².